The van der Waals surface area contributed by atoms with Crippen LogP contribution in [0.3, 0.4) is 0 Å². The minimum absolute atomic E-state index is 0.0919. The molecule has 0 bridgehead atoms. The van der Waals surface area contributed by atoms with Gasteiger partial charge in [0.05, 0.1) is 17.8 Å². The first kappa shape index (κ1) is 16.5. The molecule has 2 heterocycles. The normalized spacial score (nSPS) is 12.7. The molecule has 6 heteroatoms. The summed E-state index contributed by atoms with van der Waals surface area (Å²) < 4.78 is 0. The molecule has 0 aliphatic carbocycles. The van der Waals surface area contributed by atoms with Crippen molar-refractivity contribution < 1.29 is 4.79 Å². The summed E-state index contributed by atoms with van der Waals surface area (Å²) in [6.45, 7) is 4.14. The van der Waals surface area contributed by atoms with Gasteiger partial charge >= 0.3 is 0 Å². The van der Waals surface area contributed by atoms with Crippen LogP contribution in [0.15, 0.2) is 42.6 Å². The quantitative estimate of drug-likeness (QED) is 0.694. The maximum Gasteiger partial charge on any atom is 0.228 e. The number of carbonyl (C=O) groups excluding carboxylic acids is 1. The number of halogens is 1. The fourth-order valence-corrected chi connectivity index (χ4v) is 3.14. The average Bonchev–Trinajstić information content (AvgIpc) is 2.74. The Labute approximate surface area is 156 Å². The van der Waals surface area contributed by atoms with Gasteiger partial charge in [0.1, 0.15) is 0 Å². The number of carbonyl (C=O) groups is 1. The third-order valence-electron chi connectivity index (χ3n) is 4.49. The number of amides is 1. The lowest BCUT2D eigenvalue weighted by molar-refractivity contribution is -0.115. The largest absolute Gasteiger partial charge is 0.325 e. The van der Waals surface area contributed by atoms with Gasteiger partial charge in [-0.1, -0.05) is 17.7 Å². The summed E-state index contributed by atoms with van der Waals surface area (Å²) in [6.07, 6.45) is 1.92. The zero-order valence-electron chi connectivity index (χ0n) is 14.4. The smallest absolute Gasteiger partial charge is 0.228 e. The van der Waals surface area contributed by atoms with Gasteiger partial charge < -0.3 is 10.6 Å². The van der Waals surface area contributed by atoms with E-state index in [1.54, 1.807) is 18.3 Å². The Morgan fingerprint density at radius 2 is 1.96 bits per heavy atom. The van der Waals surface area contributed by atoms with Crippen LogP contribution in [0, 0.1) is 13.8 Å². The zero-order chi connectivity index (χ0) is 18.3. The number of fused-ring (bicyclic) bond motifs is 3. The van der Waals surface area contributed by atoms with Crippen LogP contribution in [-0.2, 0) is 11.2 Å². The molecule has 5 nitrogen and oxygen atoms in total. The molecule has 2 aromatic carbocycles. The molecule has 0 unspecified atom stereocenters. The third-order valence-corrected chi connectivity index (χ3v) is 4.72. The lowest BCUT2D eigenvalue weighted by atomic mass is 10.1. The van der Waals surface area contributed by atoms with Crippen molar-refractivity contribution in [2.75, 3.05) is 10.6 Å². The van der Waals surface area contributed by atoms with E-state index in [1.807, 2.05) is 12.1 Å². The maximum atomic E-state index is 12.1. The molecule has 0 fully saturated rings. The first-order valence-electron chi connectivity index (χ1n) is 8.29. The first-order valence-corrected chi connectivity index (χ1v) is 8.67. The average molecular weight is 365 g/mol. The first-order chi connectivity index (χ1) is 12.5. The van der Waals surface area contributed by atoms with Crippen molar-refractivity contribution in [3.8, 4) is 11.3 Å². The van der Waals surface area contributed by atoms with Gasteiger partial charge in [0.25, 0.3) is 0 Å². The van der Waals surface area contributed by atoms with E-state index in [4.69, 9.17) is 11.6 Å². The van der Waals surface area contributed by atoms with Crippen molar-refractivity contribution in [1.29, 1.82) is 0 Å². The van der Waals surface area contributed by atoms with Crippen molar-refractivity contribution >= 4 is 34.8 Å². The molecule has 1 aliphatic heterocycles. The van der Waals surface area contributed by atoms with Crippen LogP contribution < -0.4 is 10.6 Å². The van der Waals surface area contributed by atoms with E-state index in [0.717, 1.165) is 16.8 Å². The molecule has 0 spiro atoms. The predicted molar refractivity (Wildman–Crippen MR) is 104 cm³/mol. The Morgan fingerprint density at radius 1 is 1.12 bits per heavy atom. The molecular weight excluding hydrogens is 348 g/mol. The minimum Gasteiger partial charge on any atom is -0.325 e. The molecule has 0 atom stereocenters. The molecule has 3 aromatic rings. The van der Waals surface area contributed by atoms with Gasteiger partial charge in [-0.25, -0.2) is 9.97 Å². The lowest BCUT2D eigenvalue weighted by Gasteiger charge is -2.11. The highest BCUT2D eigenvalue weighted by molar-refractivity contribution is 6.31. The van der Waals surface area contributed by atoms with Gasteiger partial charge in [0.2, 0.25) is 11.9 Å². The fourth-order valence-electron chi connectivity index (χ4n) is 2.97. The van der Waals surface area contributed by atoms with E-state index in [-0.39, 0.29) is 12.3 Å². The van der Waals surface area contributed by atoms with Gasteiger partial charge in [-0.2, -0.15) is 0 Å². The van der Waals surface area contributed by atoms with Crippen LogP contribution >= 0.6 is 11.6 Å². The fraction of sp³-hybridized carbons (Fsp3) is 0.150. The number of rotatable bonds is 2. The van der Waals surface area contributed by atoms with Crippen molar-refractivity contribution in [1.82, 2.24) is 9.97 Å². The highest BCUT2D eigenvalue weighted by Gasteiger charge is 2.21. The topological polar surface area (TPSA) is 66.9 Å². The van der Waals surface area contributed by atoms with E-state index >= 15 is 0 Å². The number of nitrogens with zero attached hydrogens (tertiary/aromatic N) is 2. The second-order valence-corrected chi connectivity index (χ2v) is 6.84. The van der Waals surface area contributed by atoms with Crippen LogP contribution in [0.1, 0.15) is 16.7 Å². The van der Waals surface area contributed by atoms with Gasteiger partial charge in [-0.15, -0.1) is 0 Å². The Kier molecular flexibility index (Phi) is 4.09. The van der Waals surface area contributed by atoms with Crippen molar-refractivity contribution in [3.63, 3.8) is 0 Å². The molecule has 0 saturated heterocycles. The second kappa shape index (κ2) is 6.42. The summed E-state index contributed by atoms with van der Waals surface area (Å²) >= 11 is 6.16. The number of anilines is 3. The highest BCUT2D eigenvalue weighted by Crippen LogP contribution is 2.35. The Hall–Kier alpha value is -2.92. The molecular formula is C20H17ClN4O. The molecule has 1 aromatic heterocycles. The molecule has 0 radical (unpaired) electrons. The standard InChI is InChI=1S/C20H17ClN4O/c1-11-3-5-15(7-12(11)2)23-20-22-10-13-8-18(26)24-17-6-4-14(21)9-16(17)19(13)25-20/h3-7,9-10H,8H2,1-2H3,(H,24,26)(H,22,23,25). The summed E-state index contributed by atoms with van der Waals surface area (Å²) in [5.41, 5.74) is 6.32. The summed E-state index contributed by atoms with van der Waals surface area (Å²) in [6, 6.07) is 11.5. The number of hydrogen-bond acceptors (Lipinski definition) is 4. The van der Waals surface area contributed by atoms with Crippen LogP contribution in [0.2, 0.25) is 5.02 Å². The maximum absolute atomic E-state index is 12.1. The van der Waals surface area contributed by atoms with Crippen LogP contribution in [0.25, 0.3) is 11.3 Å². The monoisotopic (exact) mass is 364 g/mol. The zero-order valence-corrected chi connectivity index (χ0v) is 15.2. The van der Waals surface area contributed by atoms with Crippen LogP contribution in [0.4, 0.5) is 17.3 Å². The SMILES string of the molecule is Cc1ccc(Nc2ncc3c(n2)-c2cc(Cl)ccc2NC(=O)C3)cc1C. The summed E-state index contributed by atoms with van der Waals surface area (Å²) in [4.78, 5) is 21.2. The Morgan fingerprint density at radius 3 is 2.77 bits per heavy atom. The van der Waals surface area contributed by atoms with Gasteiger partial charge in [0.15, 0.2) is 0 Å². The number of aryl methyl sites for hydroxylation is 2. The van der Waals surface area contributed by atoms with E-state index in [9.17, 15) is 4.79 Å². The number of benzene rings is 2. The number of hydrogen-bond donors (Lipinski definition) is 2. The molecule has 1 aliphatic rings. The molecule has 130 valence electrons. The van der Waals surface area contributed by atoms with E-state index in [0.29, 0.717) is 22.4 Å². The lowest BCUT2D eigenvalue weighted by Crippen LogP contribution is -2.12. The number of nitrogens with one attached hydrogen (secondary N) is 2. The Bertz CT molecular complexity index is 1030. The molecule has 1 amide bonds. The van der Waals surface area contributed by atoms with Gasteiger partial charge in [-0.05, 0) is 55.3 Å². The third kappa shape index (κ3) is 3.13. The minimum atomic E-state index is -0.0919. The second-order valence-electron chi connectivity index (χ2n) is 6.41. The van der Waals surface area contributed by atoms with Gasteiger partial charge in [-0.3, -0.25) is 4.79 Å². The van der Waals surface area contributed by atoms with Crippen molar-refractivity contribution in [3.05, 3.63) is 64.3 Å². The van der Waals surface area contributed by atoms with Crippen molar-refractivity contribution in [2.24, 2.45) is 0 Å². The predicted octanol–water partition coefficient (Wildman–Crippen LogP) is 4.65. The van der Waals surface area contributed by atoms with Crippen LogP contribution in [0.5, 0.6) is 0 Å². The van der Waals surface area contributed by atoms with Crippen molar-refractivity contribution in [2.45, 2.75) is 20.3 Å². The molecule has 2 N–H and O–H groups in total. The van der Waals surface area contributed by atoms with E-state index in [1.165, 1.54) is 11.1 Å². The van der Waals surface area contributed by atoms with E-state index < -0.39 is 0 Å². The van der Waals surface area contributed by atoms with Crippen LogP contribution in [-0.4, -0.2) is 15.9 Å². The summed E-state index contributed by atoms with van der Waals surface area (Å²) in [5.74, 6) is 0.387. The number of aromatic nitrogens is 2. The Balaban J connectivity index is 1.78. The summed E-state index contributed by atoms with van der Waals surface area (Å²) in [5, 5.41) is 6.72. The van der Waals surface area contributed by atoms with E-state index in [2.05, 4.69) is 46.6 Å². The van der Waals surface area contributed by atoms with Gasteiger partial charge in [0, 0.05) is 28.0 Å². The molecule has 26 heavy (non-hydrogen) atoms. The molecule has 4 rings (SSSR count). The molecule has 0 saturated carbocycles. The highest BCUT2D eigenvalue weighted by atomic mass is 35.5. The summed E-state index contributed by atoms with van der Waals surface area (Å²) in [7, 11) is 0.